The van der Waals surface area contributed by atoms with Crippen LogP contribution >= 0.6 is 0 Å². The molecule has 0 aliphatic rings. The Morgan fingerprint density at radius 3 is 1.01 bits per heavy atom. The lowest BCUT2D eigenvalue weighted by Crippen LogP contribution is -2.27. The van der Waals surface area contributed by atoms with E-state index in [1.165, 1.54) is 27.8 Å². The fourth-order valence-electron chi connectivity index (χ4n) is 12.9. The number of aliphatic hydroxyl groups excluding tert-OH is 1. The molecule has 15 aromatic rings. The maximum atomic E-state index is 13.3. The van der Waals surface area contributed by atoms with Crippen LogP contribution in [-0.4, -0.2) is 123 Å². The first-order valence-corrected chi connectivity index (χ1v) is 37.9. The van der Waals surface area contributed by atoms with Crippen LogP contribution in [0.4, 0.5) is 0 Å². The van der Waals surface area contributed by atoms with E-state index >= 15 is 0 Å². The van der Waals surface area contributed by atoms with Crippen molar-refractivity contribution in [2.75, 3.05) is 26.2 Å². The Bertz CT molecular complexity index is 5490. The number of aliphatic hydroxyl groups is 1. The molecule has 0 unspecified atom stereocenters. The number of benzene rings is 6. The van der Waals surface area contributed by atoms with Crippen molar-refractivity contribution in [1.29, 1.82) is 0 Å². The summed E-state index contributed by atoms with van der Waals surface area (Å²) in [4.78, 5) is 63.6. The zero-order valence-corrected chi connectivity index (χ0v) is 65.6. The van der Waals surface area contributed by atoms with Gasteiger partial charge in [0, 0.05) is 91.5 Å². The van der Waals surface area contributed by atoms with E-state index in [0.29, 0.717) is 72.5 Å². The Labute approximate surface area is 646 Å². The van der Waals surface area contributed by atoms with Gasteiger partial charge in [0.2, 0.25) is 0 Å². The number of rotatable bonds is 18. The van der Waals surface area contributed by atoms with Crippen LogP contribution in [0.1, 0.15) is 185 Å². The molecule has 9 aromatic heterocycles. The number of aromatic amines is 3. The van der Waals surface area contributed by atoms with E-state index < -0.39 is 0 Å². The van der Waals surface area contributed by atoms with Crippen molar-refractivity contribution in [2.24, 2.45) is 0 Å². The Hall–Kier alpha value is -12.5. The van der Waals surface area contributed by atoms with E-state index in [4.69, 9.17) is 5.11 Å². The van der Waals surface area contributed by atoms with E-state index in [2.05, 4.69) is 225 Å². The van der Waals surface area contributed by atoms with Crippen LogP contribution in [0.5, 0.6) is 0 Å². The molecule has 0 aliphatic heterocycles. The molecule has 0 bridgehead atoms. The molecule has 0 spiro atoms. The summed E-state index contributed by atoms with van der Waals surface area (Å²) in [7, 11) is 0. The minimum absolute atomic E-state index is 0.152. The number of para-hydroxylation sites is 6. The van der Waals surface area contributed by atoms with Gasteiger partial charge in [-0.3, -0.25) is 27.6 Å². The van der Waals surface area contributed by atoms with Crippen molar-refractivity contribution in [3.05, 3.63) is 284 Å². The van der Waals surface area contributed by atoms with Crippen molar-refractivity contribution < 1.29 is 19.5 Å². The minimum Gasteiger partial charge on any atom is -0.397 e. The molecule has 22 heteroatoms. The van der Waals surface area contributed by atoms with Crippen molar-refractivity contribution in [1.82, 2.24) is 89.6 Å². The normalized spacial score (nSPS) is 11.6. The lowest BCUT2D eigenvalue weighted by molar-refractivity contribution is 0.0946. The fourth-order valence-corrected chi connectivity index (χ4v) is 12.9. The molecule has 0 radical (unpaired) electrons. The first kappa shape index (κ1) is 78.1. The van der Waals surface area contributed by atoms with Gasteiger partial charge < -0.3 is 36.0 Å². The van der Waals surface area contributed by atoms with Gasteiger partial charge in [0.15, 0.2) is 16.9 Å². The molecular weight excluding hydrogens is 1390 g/mol. The van der Waals surface area contributed by atoms with Gasteiger partial charge in [-0.2, -0.15) is 0 Å². The number of hydrogen-bond donors (Lipinski definition) is 7. The predicted molar refractivity (Wildman–Crippen MR) is 439 cm³/mol. The summed E-state index contributed by atoms with van der Waals surface area (Å²) >= 11 is 0. The van der Waals surface area contributed by atoms with Gasteiger partial charge in [-0.15, -0.1) is 30.6 Å². The van der Waals surface area contributed by atoms with Crippen molar-refractivity contribution in [3.63, 3.8) is 0 Å². The van der Waals surface area contributed by atoms with Gasteiger partial charge >= 0.3 is 0 Å². The minimum atomic E-state index is -0.253. The number of aryl methyl sites for hydroxylation is 7. The maximum Gasteiger partial charge on any atom is 0.255 e. The van der Waals surface area contributed by atoms with Gasteiger partial charge in [-0.25, -0.2) is 15.0 Å². The predicted octanol–water partition coefficient (Wildman–Crippen LogP) is 14.5. The zero-order chi connectivity index (χ0) is 78.6. The monoisotopic (exact) mass is 1480 g/mol. The fraction of sp³-hybridized carbons (Fsp3) is 0.303. The summed E-state index contributed by atoms with van der Waals surface area (Å²) in [5, 5.41) is 43.2. The van der Waals surface area contributed by atoms with Crippen molar-refractivity contribution in [3.8, 4) is 11.8 Å². The summed E-state index contributed by atoms with van der Waals surface area (Å²) in [6.45, 7) is 28.4. The molecule has 0 atom stereocenters. The number of fused-ring (bicyclic) bond motifs is 6. The van der Waals surface area contributed by atoms with Gasteiger partial charge in [0.25, 0.3) is 17.7 Å². The molecule has 0 fully saturated rings. The lowest BCUT2D eigenvalue weighted by atomic mass is 9.95. The summed E-state index contributed by atoms with van der Waals surface area (Å²) in [6, 6.07) is 54.7. The lowest BCUT2D eigenvalue weighted by Gasteiger charge is -2.17. The molecule has 6 aromatic carbocycles. The Morgan fingerprint density at radius 1 is 0.378 bits per heavy atom. The van der Waals surface area contributed by atoms with E-state index in [1.807, 2.05) is 136 Å². The third-order valence-electron chi connectivity index (χ3n) is 18.7. The van der Waals surface area contributed by atoms with Crippen LogP contribution in [0.2, 0.25) is 0 Å². The summed E-state index contributed by atoms with van der Waals surface area (Å²) < 4.78 is 5.85. The number of nitrogens with one attached hydrogen (secondary N) is 6. The Kier molecular flexibility index (Phi) is 24.2. The van der Waals surface area contributed by atoms with Gasteiger partial charge in [-0.05, 0) is 142 Å². The highest BCUT2D eigenvalue weighted by Gasteiger charge is 2.28. The van der Waals surface area contributed by atoms with E-state index in [-0.39, 0.29) is 40.6 Å². The van der Waals surface area contributed by atoms with Crippen LogP contribution in [0, 0.1) is 32.6 Å². The molecule has 9 heterocycles. The van der Waals surface area contributed by atoms with E-state index in [1.54, 1.807) is 13.0 Å². The van der Waals surface area contributed by atoms with Crippen molar-refractivity contribution >= 4 is 67.8 Å². The summed E-state index contributed by atoms with van der Waals surface area (Å²) in [6.07, 6.45) is 11.3. The third kappa shape index (κ3) is 19.7. The molecule has 15 rings (SSSR count). The number of hydrogen-bond acceptors (Lipinski definition) is 13. The molecule has 7 N–H and O–H groups in total. The second kappa shape index (κ2) is 34.4. The SMILES string of the molecule is CCO.Cc1ccc(C#Cc2cc(C(=O)NCCc3nc4ccccc4[nH]3)c3nnc(C(C)(C)C)n3c2)cc1.Cc1ccc(CCc2cc(C(=O)NCCc3nc4ccccc4[nH]3)c3nnc(C(C)(C)C)n3c2)cc1.Cc1ccc(CCc2cc(C(=O)NCCc3nc4ccccc4[nH]3)c3nnc(C(C)(C)C)n3c2)cc1. The first-order valence-electron chi connectivity index (χ1n) is 37.9. The topological polar surface area (TPSA) is 284 Å². The highest BCUT2D eigenvalue weighted by molar-refractivity contribution is 6.01. The Balaban J connectivity index is 0.000000152. The second-order valence-corrected chi connectivity index (χ2v) is 31.1. The van der Waals surface area contributed by atoms with Gasteiger partial charge in [0.05, 0.1) is 49.8 Å². The van der Waals surface area contributed by atoms with Crippen LogP contribution in [0.15, 0.2) is 182 Å². The molecule has 22 nitrogen and oxygen atoms in total. The molecule has 0 saturated carbocycles. The average Bonchev–Trinajstić information content (AvgIpc) is 1.65. The highest BCUT2D eigenvalue weighted by Crippen LogP contribution is 2.28. The molecule has 0 aliphatic carbocycles. The van der Waals surface area contributed by atoms with Crippen molar-refractivity contribution in [2.45, 2.75) is 151 Å². The Morgan fingerprint density at radius 2 is 0.676 bits per heavy atom. The quantitative estimate of drug-likeness (QED) is 0.0394. The number of H-pyrrole nitrogens is 3. The molecule has 3 amide bonds. The standard InChI is InChI=1S/2C29H32N6O.C29H28N6O.C2H6O/c3*1-19-9-11-20(12-10-19)13-14-21-17-22(26-33-34-28(29(2,3)4)35(26)18-21)27(36)30-16-15-25-31-23-7-5-6-8-24(23)32-25;1-2-3/h2*5-12,17-18H,13-16H2,1-4H3,(H,30,36)(H,31,32);5-12,17-18H,15-16H2,1-4H3,(H,30,36)(H,31,32);3H,2H2,1H3. The number of aromatic nitrogens is 15. The maximum absolute atomic E-state index is 13.3. The van der Waals surface area contributed by atoms with Crippen LogP contribution in [0.3, 0.4) is 0 Å². The van der Waals surface area contributed by atoms with E-state index in [9.17, 15) is 14.4 Å². The van der Waals surface area contributed by atoms with E-state index in [0.717, 1.165) is 116 Å². The smallest absolute Gasteiger partial charge is 0.255 e. The molecule has 0 saturated heterocycles. The molecular formula is C89H98N18O4. The number of carbonyl (C=O) groups excluding carboxylic acids is 3. The first-order chi connectivity index (χ1) is 53.2. The van der Waals surface area contributed by atoms with Crippen LogP contribution in [-0.2, 0) is 61.2 Å². The highest BCUT2D eigenvalue weighted by atomic mass is 16.2. The van der Waals surface area contributed by atoms with Gasteiger partial charge in [-0.1, -0.05) is 188 Å². The summed E-state index contributed by atoms with van der Waals surface area (Å²) in [5.41, 5.74) is 18.3. The number of nitrogens with zero attached hydrogens (tertiary/aromatic N) is 12. The van der Waals surface area contributed by atoms with Crippen LogP contribution in [0.25, 0.3) is 50.0 Å². The molecule has 568 valence electrons. The number of carbonyl (C=O) groups is 3. The van der Waals surface area contributed by atoms with Gasteiger partial charge in [0.1, 0.15) is 34.9 Å². The number of pyridine rings is 3. The van der Waals surface area contributed by atoms with Crippen LogP contribution < -0.4 is 16.0 Å². The number of imidazole rings is 3. The molecule has 111 heavy (non-hydrogen) atoms. The average molecular weight is 1480 g/mol. The second-order valence-electron chi connectivity index (χ2n) is 31.1. The number of amides is 3. The summed E-state index contributed by atoms with van der Waals surface area (Å²) in [5.74, 6) is 10.9. The third-order valence-corrected chi connectivity index (χ3v) is 18.7. The zero-order valence-electron chi connectivity index (χ0n) is 65.6. The largest absolute Gasteiger partial charge is 0.397 e.